The number of rotatable bonds is 6. The summed E-state index contributed by atoms with van der Waals surface area (Å²) in [5.41, 5.74) is -1.77. The second-order valence-corrected chi connectivity index (χ2v) is 5.19. The number of aliphatic carboxylic acids is 1. The van der Waals surface area contributed by atoms with Gasteiger partial charge in [-0.2, -0.15) is 0 Å². The summed E-state index contributed by atoms with van der Waals surface area (Å²) in [6, 6.07) is 0. The molecule has 0 aliphatic carbocycles. The summed E-state index contributed by atoms with van der Waals surface area (Å²) < 4.78 is 36.5. The topological polar surface area (TPSA) is 121 Å². The van der Waals surface area contributed by atoms with Crippen molar-refractivity contribution in [1.82, 2.24) is 0 Å². The zero-order chi connectivity index (χ0) is 13.8. The van der Waals surface area contributed by atoms with Crippen LogP contribution in [0.3, 0.4) is 0 Å². The minimum absolute atomic E-state index is 0.175. The lowest BCUT2D eigenvalue weighted by Crippen LogP contribution is -2.33. The molecule has 0 spiro atoms. The summed E-state index contributed by atoms with van der Waals surface area (Å²) in [5.74, 6) is -4.25. The van der Waals surface area contributed by atoms with Crippen LogP contribution in [0.1, 0.15) is 27.2 Å². The van der Waals surface area contributed by atoms with Gasteiger partial charge in [-0.25, -0.2) is 8.42 Å². The van der Waals surface area contributed by atoms with E-state index in [1.807, 2.05) is 0 Å². The van der Waals surface area contributed by atoms with E-state index in [4.69, 9.17) is 5.11 Å². The number of carboxylic acids is 1. The van der Waals surface area contributed by atoms with Gasteiger partial charge in [0.2, 0.25) is 0 Å². The van der Waals surface area contributed by atoms with Crippen LogP contribution in [-0.4, -0.2) is 35.5 Å². The monoisotopic (exact) mass is 267 g/mol. The zero-order valence-corrected chi connectivity index (χ0v) is 10.6. The smallest absolute Gasteiger partial charge is 0.310 e. The molecule has 0 heterocycles. The number of carboxylic acid groups (broad SMARTS) is 1. The second-order valence-electron chi connectivity index (χ2n) is 3.68. The molecule has 100 valence electrons. The highest BCUT2D eigenvalue weighted by Crippen LogP contribution is 2.16. The van der Waals surface area contributed by atoms with Gasteiger partial charge < -0.3 is 14.4 Å². The maximum absolute atomic E-state index is 11.4. The molecule has 3 unspecified atom stereocenters. The van der Waals surface area contributed by atoms with Gasteiger partial charge in [0.15, 0.2) is 5.44 Å². The van der Waals surface area contributed by atoms with Crippen molar-refractivity contribution >= 4 is 22.1 Å². The summed E-state index contributed by atoms with van der Waals surface area (Å²) >= 11 is 0. The molecule has 1 N–H and O–H groups in total. The Labute approximate surface area is 99.5 Å². The number of ether oxygens (including phenoxy) is 1. The highest BCUT2D eigenvalue weighted by atomic mass is 32.2. The first-order valence-electron chi connectivity index (χ1n) is 4.99. The number of carbonyl (C=O) groups excluding carboxylic acids is 1. The molecule has 0 bridgehead atoms. The van der Waals surface area contributed by atoms with Crippen LogP contribution < -0.4 is 0 Å². The fraction of sp³-hybridized carbons (Fsp3) is 0.778. The number of hydrogen-bond donors (Lipinski definition) is 1. The lowest BCUT2D eigenvalue weighted by Gasteiger charge is -2.22. The van der Waals surface area contributed by atoms with E-state index >= 15 is 0 Å². The molecular formula is C9H15O7S-. The van der Waals surface area contributed by atoms with Crippen molar-refractivity contribution in [2.24, 2.45) is 11.8 Å². The van der Waals surface area contributed by atoms with Gasteiger partial charge in [0.25, 0.3) is 0 Å². The van der Waals surface area contributed by atoms with Gasteiger partial charge >= 0.3 is 11.9 Å². The fourth-order valence-electron chi connectivity index (χ4n) is 1.00. The van der Waals surface area contributed by atoms with Crippen LogP contribution >= 0.6 is 0 Å². The molecule has 0 radical (unpaired) electrons. The third-order valence-electron chi connectivity index (χ3n) is 2.41. The normalized spacial score (nSPS) is 16.9. The molecule has 0 aliphatic heterocycles. The molecule has 3 atom stereocenters. The average molecular weight is 267 g/mol. The van der Waals surface area contributed by atoms with Crippen LogP contribution in [0.25, 0.3) is 0 Å². The van der Waals surface area contributed by atoms with Crippen molar-refractivity contribution in [3.05, 3.63) is 0 Å². The fourth-order valence-corrected chi connectivity index (χ4v) is 1.62. The zero-order valence-electron chi connectivity index (χ0n) is 9.74. The van der Waals surface area contributed by atoms with Crippen molar-refractivity contribution in [1.29, 1.82) is 0 Å². The molecule has 0 rings (SSSR count). The van der Waals surface area contributed by atoms with Gasteiger partial charge in [0.1, 0.15) is 10.1 Å². The molecule has 0 saturated carbocycles. The summed E-state index contributed by atoms with van der Waals surface area (Å²) in [5, 5.41) is 8.66. The Morgan fingerprint density at radius 2 is 1.76 bits per heavy atom. The van der Waals surface area contributed by atoms with Gasteiger partial charge in [0, 0.05) is 0 Å². The van der Waals surface area contributed by atoms with E-state index in [9.17, 15) is 22.6 Å². The van der Waals surface area contributed by atoms with Crippen LogP contribution in [0.2, 0.25) is 0 Å². The molecule has 17 heavy (non-hydrogen) atoms. The predicted octanol–water partition coefficient (Wildman–Crippen LogP) is 0.168. The third kappa shape index (κ3) is 4.70. The van der Waals surface area contributed by atoms with Crippen molar-refractivity contribution in [3.63, 3.8) is 0 Å². The molecule has 0 aliphatic rings. The predicted molar refractivity (Wildman–Crippen MR) is 55.8 cm³/mol. The molecule has 8 heteroatoms. The third-order valence-corrected chi connectivity index (χ3v) is 3.49. The van der Waals surface area contributed by atoms with Crippen molar-refractivity contribution < 1.29 is 32.4 Å². The summed E-state index contributed by atoms with van der Waals surface area (Å²) in [6.45, 7) is 3.96. The Bertz CT molecular complexity index is 386. The quantitative estimate of drug-likeness (QED) is 0.537. The van der Waals surface area contributed by atoms with Gasteiger partial charge in [-0.15, -0.1) is 0 Å². The summed E-state index contributed by atoms with van der Waals surface area (Å²) in [7, 11) is -4.73. The molecule has 7 nitrogen and oxygen atoms in total. The van der Waals surface area contributed by atoms with Gasteiger partial charge in [-0.3, -0.25) is 9.59 Å². The molecule has 0 saturated heterocycles. The van der Waals surface area contributed by atoms with E-state index in [0.717, 1.165) is 0 Å². The van der Waals surface area contributed by atoms with Crippen molar-refractivity contribution in [2.75, 3.05) is 0 Å². The molecule has 0 aromatic heterocycles. The Morgan fingerprint density at radius 1 is 1.29 bits per heavy atom. The van der Waals surface area contributed by atoms with Crippen LogP contribution in [0.4, 0.5) is 0 Å². The first kappa shape index (κ1) is 15.9. The first-order valence-corrected chi connectivity index (χ1v) is 6.46. The number of hydrogen-bond acceptors (Lipinski definition) is 6. The first-order chi connectivity index (χ1) is 7.61. The van der Waals surface area contributed by atoms with Crippen LogP contribution in [0, 0.1) is 11.8 Å². The number of esters is 1. The van der Waals surface area contributed by atoms with Gasteiger partial charge in [-0.1, -0.05) is 20.8 Å². The average Bonchev–Trinajstić information content (AvgIpc) is 2.21. The second kappa shape index (κ2) is 5.97. The van der Waals surface area contributed by atoms with Crippen LogP contribution in [0.15, 0.2) is 0 Å². The SMILES string of the molecule is CCC(OC(=O)C(C)C(C)C(=O)O)S(=O)(=O)[O-]. The van der Waals surface area contributed by atoms with E-state index in [0.29, 0.717) is 0 Å². The van der Waals surface area contributed by atoms with Crippen molar-refractivity contribution in [2.45, 2.75) is 32.6 Å². The molecule has 0 fully saturated rings. The molecular weight excluding hydrogens is 252 g/mol. The van der Waals surface area contributed by atoms with Crippen molar-refractivity contribution in [3.8, 4) is 0 Å². The van der Waals surface area contributed by atoms with Crippen LogP contribution in [0.5, 0.6) is 0 Å². The van der Waals surface area contributed by atoms with E-state index < -0.39 is 39.3 Å². The van der Waals surface area contributed by atoms with Gasteiger partial charge in [0.05, 0.1) is 11.8 Å². The van der Waals surface area contributed by atoms with E-state index in [1.54, 1.807) is 0 Å². The molecule has 0 aromatic carbocycles. The summed E-state index contributed by atoms with van der Waals surface area (Å²) in [6.07, 6.45) is -0.175. The lowest BCUT2D eigenvalue weighted by atomic mass is 9.96. The summed E-state index contributed by atoms with van der Waals surface area (Å²) in [4.78, 5) is 22.0. The highest BCUT2D eigenvalue weighted by molar-refractivity contribution is 7.86. The highest BCUT2D eigenvalue weighted by Gasteiger charge is 2.30. The largest absolute Gasteiger partial charge is 0.745 e. The van der Waals surface area contributed by atoms with E-state index in [1.165, 1.54) is 20.8 Å². The Balaban J connectivity index is 4.69. The lowest BCUT2D eigenvalue weighted by molar-refractivity contribution is -0.157. The molecule has 0 aromatic rings. The van der Waals surface area contributed by atoms with Crippen LogP contribution in [-0.2, 0) is 24.4 Å². The standard InChI is InChI=1S/C9H16O7S/c1-4-7(17(13,14)15)16-9(12)6(3)5(2)8(10)11/h5-7H,4H2,1-3H3,(H,10,11)(H,13,14,15)/p-1. The Morgan fingerprint density at radius 3 is 2.06 bits per heavy atom. The van der Waals surface area contributed by atoms with Gasteiger partial charge in [-0.05, 0) is 6.42 Å². The minimum Gasteiger partial charge on any atom is -0.745 e. The molecule has 0 amide bonds. The van der Waals surface area contributed by atoms with E-state index in [2.05, 4.69) is 4.74 Å². The minimum atomic E-state index is -4.73. The van der Waals surface area contributed by atoms with E-state index in [-0.39, 0.29) is 6.42 Å². The number of carbonyl (C=O) groups is 2. The maximum Gasteiger partial charge on any atom is 0.310 e. The maximum atomic E-state index is 11.4. The Kier molecular flexibility index (Phi) is 5.56. The Hall–Kier alpha value is -1.15.